The molecule has 4 aromatic rings. The van der Waals surface area contributed by atoms with Gasteiger partial charge >= 0.3 is 0 Å². The highest BCUT2D eigenvalue weighted by atomic mass is 14.4. The molecule has 1 aliphatic rings. The van der Waals surface area contributed by atoms with Gasteiger partial charge in [0.05, 0.1) is 0 Å². The fourth-order valence-corrected chi connectivity index (χ4v) is 5.08. The Balaban J connectivity index is 1.55. The van der Waals surface area contributed by atoms with Crippen LogP contribution in [0.2, 0.25) is 0 Å². The minimum Gasteiger partial charge on any atom is -0.0619 e. The summed E-state index contributed by atoms with van der Waals surface area (Å²) in [6.45, 7) is 11.6. The second-order valence-electron chi connectivity index (χ2n) is 10.6. The van der Waals surface area contributed by atoms with Crippen LogP contribution in [0, 0.1) is 5.41 Å². The lowest BCUT2D eigenvalue weighted by molar-refractivity contribution is 0.411. The Morgan fingerprint density at radius 3 is 2.07 bits per heavy atom. The third kappa shape index (κ3) is 3.16. The van der Waals surface area contributed by atoms with Crippen molar-refractivity contribution in [1.82, 2.24) is 0 Å². The lowest BCUT2D eigenvalue weighted by Gasteiger charge is -2.22. The quantitative estimate of drug-likeness (QED) is 0.322. The maximum atomic E-state index is 2.41. The van der Waals surface area contributed by atoms with Crippen LogP contribution in [0.5, 0.6) is 0 Å². The van der Waals surface area contributed by atoms with Gasteiger partial charge in [0, 0.05) is 5.41 Å². The SMILES string of the molecule is CC(C)(C)Cc1ccc2cc(-c3ccc4c(c3)C(C)(C)c3ccccc3-4)ccc2c1. The van der Waals surface area contributed by atoms with E-state index in [2.05, 4.69) is 113 Å². The second-order valence-corrected chi connectivity index (χ2v) is 10.6. The first-order valence-electron chi connectivity index (χ1n) is 11.0. The van der Waals surface area contributed by atoms with Crippen molar-refractivity contribution in [1.29, 1.82) is 0 Å². The second kappa shape index (κ2) is 6.57. The van der Waals surface area contributed by atoms with E-state index in [1.54, 1.807) is 0 Å². The van der Waals surface area contributed by atoms with Gasteiger partial charge in [0.1, 0.15) is 0 Å². The zero-order chi connectivity index (χ0) is 21.1. The zero-order valence-corrected chi connectivity index (χ0v) is 18.7. The average molecular weight is 391 g/mol. The van der Waals surface area contributed by atoms with E-state index in [9.17, 15) is 0 Å². The number of fused-ring (bicyclic) bond motifs is 4. The smallest absolute Gasteiger partial charge is 0.0159 e. The van der Waals surface area contributed by atoms with Crippen LogP contribution >= 0.6 is 0 Å². The highest BCUT2D eigenvalue weighted by molar-refractivity contribution is 5.89. The average Bonchev–Trinajstić information content (AvgIpc) is 2.94. The molecule has 0 aromatic heterocycles. The van der Waals surface area contributed by atoms with E-state index >= 15 is 0 Å². The Bertz CT molecular complexity index is 1260. The van der Waals surface area contributed by atoms with Crippen LogP contribution in [-0.4, -0.2) is 0 Å². The van der Waals surface area contributed by atoms with Crippen LogP contribution in [0.4, 0.5) is 0 Å². The summed E-state index contributed by atoms with van der Waals surface area (Å²) < 4.78 is 0. The summed E-state index contributed by atoms with van der Waals surface area (Å²) >= 11 is 0. The molecule has 0 fully saturated rings. The Kier molecular flexibility index (Phi) is 4.19. The molecule has 0 N–H and O–H groups in total. The number of hydrogen-bond acceptors (Lipinski definition) is 0. The van der Waals surface area contributed by atoms with Crippen LogP contribution in [-0.2, 0) is 11.8 Å². The Morgan fingerprint density at radius 2 is 1.27 bits per heavy atom. The van der Waals surface area contributed by atoms with Gasteiger partial charge < -0.3 is 0 Å². The summed E-state index contributed by atoms with van der Waals surface area (Å²) in [5.74, 6) is 0. The maximum absolute atomic E-state index is 2.41. The molecule has 150 valence electrons. The van der Waals surface area contributed by atoms with Crippen molar-refractivity contribution < 1.29 is 0 Å². The van der Waals surface area contributed by atoms with Gasteiger partial charge in [0.15, 0.2) is 0 Å². The predicted octanol–water partition coefficient (Wildman–Crippen LogP) is 8.40. The molecule has 0 saturated heterocycles. The van der Waals surface area contributed by atoms with Crippen LogP contribution in [0.3, 0.4) is 0 Å². The number of benzene rings is 4. The third-order valence-electron chi connectivity index (χ3n) is 6.56. The first-order chi connectivity index (χ1) is 14.2. The van der Waals surface area contributed by atoms with Crippen molar-refractivity contribution in [2.45, 2.75) is 46.5 Å². The lowest BCUT2D eigenvalue weighted by atomic mass is 9.81. The standard InChI is InChI=1S/C30H30/c1-29(2,3)19-20-10-11-22-17-23(13-12-21(22)16-20)24-14-15-26-25-8-6-7-9-27(25)30(4,5)28(26)18-24/h6-18H,19H2,1-5H3. The summed E-state index contributed by atoms with van der Waals surface area (Å²) in [7, 11) is 0. The number of hydrogen-bond donors (Lipinski definition) is 0. The molecule has 0 radical (unpaired) electrons. The van der Waals surface area contributed by atoms with E-state index in [1.165, 1.54) is 49.7 Å². The van der Waals surface area contributed by atoms with Crippen LogP contribution in [0.1, 0.15) is 51.3 Å². The highest BCUT2D eigenvalue weighted by Gasteiger charge is 2.35. The first-order valence-corrected chi connectivity index (χ1v) is 11.0. The summed E-state index contributed by atoms with van der Waals surface area (Å²) in [6, 6.07) is 29.7. The summed E-state index contributed by atoms with van der Waals surface area (Å²) in [6.07, 6.45) is 1.10. The van der Waals surface area contributed by atoms with Crippen LogP contribution < -0.4 is 0 Å². The molecule has 30 heavy (non-hydrogen) atoms. The van der Waals surface area contributed by atoms with Crippen molar-refractivity contribution in [3.8, 4) is 22.3 Å². The van der Waals surface area contributed by atoms with Gasteiger partial charge in [-0.1, -0.05) is 101 Å². The molecule has 5 rings (SSSR count). The van der Waals surface area contributed by atoms with Crippen LogP contribution in [0.25, 0.3) is 33.0 Å². The molecular formula is C30H30. The van der Waals surface area contributed by atoms with Gasteiger partial charge in [-0.3, -0.25) is 0 Å². The summed E-state index contributed by atoms with van der Waals surface area (Å²) in [5.41, 5.74) is 9.99. The highest BCUT2D eigenvalue weighted by Crippen LogP contribution is 2.49. The third-order valence-corrected chi connectivity index (χ3v) is 6.56. The van der Waals surface area contributed by atoms with Crippen molar-refractivity contribution in [3.63, 3.8) is 0 Å². The monoisotopic (exact) mass is 390 g/mol. The molecule has 0 bridgehead atoms. The molecule has 0 amide bonds. The molecule has 0 aliphatic heterocycles. The van der Waals surface area contributed by atoms with Gasteiger partial charge in [0.2, 0.25) is 0 Å². The zero-order valence-electron chi connectivity index (χ0n) is 18.7. The molecule has 0 spiro atoms. The summed E-state index contributed by atoms with van der Waals surface area (Å²) in [4.78, 5) is 0. The van der Waals surface area contributed by atoms with E-state index in [-0.39, 0.29) is 5.41 Å². The van der Waals surface area contributed by atoms with Gasteiger partial charge in [-0.15, -0.1) is 0 Å². The molecule has 0 unspecified atom stereocenters. The molecule has 0 saturated carbocycles. The molecule has 0 heteroatoms. The van der Waals surface area contributed by atoms with E-state index < -0.39 is 0 Å². The topological polar surface area (TPSA) is 0 Å². The predicted molar refractivity (Wildman–Crippen MR) is 130 cm³/mol. The minimum atomic E-state index is 0.0423. The van der Waals surface area contributed by atoms with Gasteiger partial charge in [-0.05, 0) is 73.7 Å². The van der Waals surface area contributed by atoms with Crippen molar-refractivity contribution in [3.05, 3.63) is 95.6 Å². The van der Waals surface area contributed by atoms with Crippen molar-refractivity contribution >= 4 is 10.8 Å². The van der Waals surface area contributed by atoms with E-state index in [1.807, 2.05) is 0 Å². The van der Waals surface area contributed by atoms with Gasteiger partial charge in [-0.2, -0.15) is 0 Å². The molecule has 1 aliphatic carbocycles. The fraction of sp³-hybridized carbons (Fsp3) is 0.267. The normalized spacial score (nSPS) is 14.6. The molecule has 4 aromatic carbocycles. The Hall–Kier alpha value is -2.86. The largest absolute Gasteiger partial charge is 0.0619 e. The van der Waals surface area contributed by atoms with E-state index in [0.29, 0.717) is 5.41 Å². The lowest BCUT2D eigenvalue weighted by Crippen LogP contribution is -2.14. The Labute approximate surface area is 180 Å². The Morgan fingerprint density at radius 1 is 0.633 bits per heavy atom. The molecule has 0 nitrogen and oxygen atoms in total. The first kappa shape index (κ1) is 19.1. The molecular weight excluding hydrogens is 360 g/mol. The van der Waals surface area contributed by atoms with E-state index in [4.69, 9.17) is 0 Å². The van der Waals surface area contributed by atoms with E-state index in [0.717, 1.165) is 6.42 Å². The van der Waals surface area contributed by atoms with Gasteiger partial charge in [0.25, 0.3) is 0 Å². The fourth-order valence-electron chi connectivity index (χ4n) is 5.08. The molecule has 0 heterocycles. The maximum Gasteiger partial charge on any atom is 0.0159 e. The molecule has 0 atom stereocenters. The van der Waals surface area contributed by atoms with Crippen molar-refractivity contribution in [2.24, 2.45) is 5.41 Å². The van der Waals surface area contributed by atoms with Crippen LogP contribution in [0.15, 0.2) is 78.9 Å². The summed E-state index contributed by atoms with van der Waals surface area (Å²) in [5, 5.41) is 2.64. The number of rotatable bonds is 2. The minimum absolute atomic E-state index is 0.0423. The van der Waals surface area contributed by atoms with Crippen molar-refractivity contribution in [2.75, 3.05) is 0 Å². The van der Waals surface area contributed by atoms with Gasteiger partial charge in [-0.25, -0.2) is 0 Å².